The van der Waals surface area contributed by atoms with Crippen LogP contribution in [0, 0.1) is 0 Å². The van der Waals surface area contributed by atoms with E-state index >= 15 is 0 Å². The Balaban J connectivity index is 1.64. The fourth-order valence-electron chi connectivity index (χ4n) is 3.36. The number of fused-ring (bicyclic) bond motifs is 2. The summed E-state index contributed by atoms with van der Waals surface area (Å²) in [5.41, 5.74) is 4.32. The molecule has 4 heteroatoms. The van der Waals surface area contributed by atoms with Gasteiger partial charge in [0.2, 0.25) is 0 Å². The molecule has 2 aromatic carbocycles. The third kappa shape index (κ3) is 3.07. The molecule has 3 aromatic rings. The number of ketones is 1. The van der Waals surface area contributed by atoms with E-state index in [1.807, 2.05) is 6.07 Å². The number of hydrogen-bond acceptors (Lipinski definition) is 4. The molecule has 4 rings (SSSR count). The number of ether oxygens (including phenoxy) is 1. The van der Waals surface area contributed by atoms with Gasteiger partial charge in [-0.2, -0.15) is 0 Å². The molecule has 0 saturated heterocycles. The first-order valence-electron chi connectivity index (χ1n) is 8.42. The summed E-state index contributed by atoms with van der Waals surface area (Å²) < 4.78 is 11.2. The van der Waals surface area contributed by atoms with Crippen LogP contribution in [-0.2, 0) is 19.4 Å². The summed E-state index contributed by atoms with van der Waals surface area (Å²) in [6, 6.07) is 12.6. The van der Waals surface area contributed by atoms with Crippen LogP contribution in [0.2, 0.25) is 0 Å². The molecule has 0 fully saturated rings. The minimum Gasteiger partial charge on any atom is -0.489 e. The van der Waals surface area contributed by atoms with Crippen molar-refractivity contribution in [1.29, 1.82) is 0 Å². The van der Waals surface area contributed by atoms with Gasteiger partial charge in [0.1, 0.15) is 17.9 Å². The second-order valence-electron chi connectivity index (χ2n) is 6.43. The highest BCUT2D eigenvalue weighted by molar-refractivity contribution is 5.94. The van der Waals surface area contributed by atoms with E-state index in [2.05, 4.69) is 6.07 Å². The number of aryl methyl sites for hydroxylation is 2. The average molecular weight is 334 g/mol. The third-order valence-electron chi connectivity index (χ3n) is 4.70. The van der Waals surface area contributed by atoms with Crippen LogP contribution in [0.5, 0.6) is 5.75 Å². The van der Waals surface area contributed by atoms with Gasteiger partial charge in [0.15, 0.2) is 5.78 Å². The van der Waals surface area contributed by atoms with E-state index in [4.69, 9.17) is 9.15 Å². The van der Waals surface area contributed by atoms with E-state index in [0.717, 1.165) is 30.2 Å². The highest BCUT2D eigenvalue weighted by Crippen LogP contribution is 2.29. The monoisotopic (exact) mass is 334 g/mol. The maximum atomic E-state index is 11.9. The van der Waals surface area contributed by atoms with Crippen LogP contribution >= 0.6 is 0 Å². The normalized spacial score (nSPS) is 13.0. The van der Waals surface area contributed by atoms with E-state index in [1.54, 1.807) is 24.3 Å². The smallest absolute Gasteiger partial charge is 0.336 e. The molecule has 0 N–H and O–H groups in total. The molecule has 0 amide bonds. The summed E-state index contributed by atoms with van der Waals surface area (Å²) in [7, 11) is 0. The predicted molar refractivity (Wildman–Crippen MR) is 95.3 cm³/mol. The molecule has 1 aliphatic carbocycles. The SMILES string of the molecule is CC(=O)c1ccc(OCc2cc(=O)oc3cc4c(cc23)CCC4)cc1. The summed E-state index contributed by atoms with van der Waals surface area (Å²) in [4.78, 5) is 23.2. The molecule has 1 aliphatic rings. The lowest BCUT2D eigenvalue weighted by Crippen LogP contribution is -2.05. The van der Waals surface area contributed by atoms with Gasteiger partial charge in [-0.3, -0.25) is 4.79 Å². The van der Waals surface area contributed by atoms with Gasteiger partial charge in [-0.05, 0) is 73.7 Å². The van der Waals surface area contributed by atoms with Crippen molar-refractivity contribution in [3.05, 3.63) is 75.1 Å². The summed E-state index contributed by atoms with van der Waals surface area (Å²) in [5, 5.41) is 0.931. The first-order valence-corrected chi connectivity index (χ1v) is 8.42. The molecular weight excluding hydrogens is 316 g/mol. The van der Waals surface area contributed by atoms with Crippen molar-refractivity contribution in [2.24, 2.45) is 0 Å². The van der Waals surface area contributed by atoms with Gasteiger partial charge in [-0.1, -0.05) is 0 Å². The zero-order valence-corrected chi connectivity index (χ0v) is 14.0. The minimum absolute atomic E-state index is 0.0204. The fraction of sp³-hybridized carbons (Fsp3) is 0.238. The molecule has 0 saturated carbocycles. The quantitative estimate of drug-likeness (QED) is 0.533. The summed E-state index contributed by atoms with van der Waals surface area (Å²) in [5.74, 6) is 0.680. The molecule has 0 unspecified atom stereocenters. The highest BCUT2D eigenvalue weighted by Gasteiger charge is 2.15. The molecule has 0 radical (unpaired) electrons. The molecule has 126 valence electrons. The first kappa shape index (κ1) is 15.6. The van der Waals surface area contributed by atoms with Crippen molar-refractivity contribution in [1.82, 2.24) is 0 Å². The summed E-state index contributed by atoms with van der Waals surface area (Å²) in [6.07, 6.45) is 3.25. The van der Waals surface area contributed by atoms with Gasteiger partial charge < -0.3 is 9.15 Å². The van der Waals surface area contributed by atoms with Gasteiger partial charge >= 0.3 is 5.63 Å². The molecule has 0 atom stereocenters. The molecule has 4 nitrogen and oxygen atoms in total. The minimum atomic E-state index is -0.365. The molecule has 0 bridgehead atoms. The third-order valence-corrected chi connectivity index (χ3v) is 4.70. The summed E-state index contributed by atoms with van der Waals surface area (Å²) >= 11 is 0. The predicted octanol–water partition coefficient (Wildman–Crippen LogP) is 4.06. The van der Waals surface area contributed by atoms with Crippen molar-refractivity contribution in [3.8, 4) is 5.75 Å². The lowest BCUT2D eigenvalue weighted by atomic mass is 10.0. The first-order chi connectivity index (χ1) is 12.1. The van der Waals surface area contributed by atoms with Crippen LogP contribution in [0.4, 0.5) is 0 Å². The number of benzene rings is 2. The average Bonchev–Trinajstić information content (AvgIpc) is 3.05. The highest BCUT2D eigenvalue weighted by atomic mass is 16.5. The van der Waals surface area contributed by atoms with Crippen molar-refractivity contribution < 1.29 is 13.9 Å². The Hall–Kier alpha value is -2.88. The Kier molecular flexibility index (Phi) is 3.88. The van der Waals surface area contributed by atoms with Crippen molar-refractivity contribution in [3.63, 3.8) is 0 Å². The zero-order chi connectivity index (χ0) is 17.4. The lowest BCUT2D eigenvalue weighted by Gasteiger charge is -2.10. The Morgan fingerprint density at radius 3 is 2.52 bits per heavy atom. The van der Waals surface area contributed by atoms with Crippen molar-refractivity contribution >= 4 is 16.8 Å². The van der Waals surface area contributed by atoms with Gasteiger partial charge in [-0.15, -0.1) is 0 Å². The zero-order valence-electron chi connectivity index (χ0n) is 14.0. The Labute approximate surface area is 145 Å². The lowest BCUT2D eigenvalue weighted by molar-refractivity contribution is 0.101. The summed E-state index contributed by atoms with van der Waals surface area (Å²) in [6.45, 7) is 1.81. The molecular formula is C21H18O4. The fourth-order valence-corrected chi connectivity index (χ4v) is 3.36. The Morgan fingerprint density at radius 2 is 1.80 bits per heavy atom. The maximum Gasteiger partial charge on any atom is 0.336 e. The molecule has 25 heavy (non-hydrogen) atoms. The van der Waals surface area contributed by atoms with E-state index < -0.39 is 0 Å². The van der Waals surface area contributed by atoms with Gasteiger partial charge in [-0.25, -0.2) is 4.79 Å². The second kappa shape index (κ2) is 6.20. The largest absolute Gasteiger partial charge is 0.489 e. The number of hydrogen-bond donors (Lipinski definition) is 0. The van der Waals surface area contributed by atoms with E-state index in [-0.39, 0.29) is 18.0 Å². The number of Topliss-reactive ketones (excluding diaryl/α,β-unsaturated/α-hetero) is 1. The Morgan fingerprint density at radius 1 is 1.08 bits per heavy atom. The van der Waals surface area contributed by atoms with Crippen LogP contribution in [-0.4, -0.2) is 5.78 Å². The topological polar surface area (TPSA) is 56.5 Å². The van der Waals surface area contributed by atoms with Crippen molar-refractivity contribution in [2.75, 3.05) is 0 Å². The van der Waals surface area contributed by atoms with Gasteiger partial charge in [0, 0.05) is 22.6 Å². The van der Waals surface area contributed by atoms with Crippen LogP contribution in [0.3, 0.4) is 0 Å². The van der Waals surface area contributed by atoms with Gasteiger partial charge in [0.05, 0.1) is 0 Å². The van der Waals surface area contributed by atoms with Crippen LogP contribution in [0.15, 0.2) is 51.7 Å². The molecule has 0 aliphatic heterocycles. The molecule has 1 heterocycles. The van der Waals surface area contributed by atoms with Crippen molar-refractivity contribution in [2.45, 2.75) is 32.8 Å². The van der Waals surface area contributed by atoms with E-state index in [0.29, 0.717) is 16.9 Å². The molecule has 1 aromatic heterocycles. The van der Waals surface area contributed by atoms with E-state index in [9.17, 15) is 9.59 Å². The number of carbonyl (C=O) groups is 1. The van der Waals surface area contributed by atoms with E-state index in [1.165, 1.54) is 24.1 Å². The Bertz CT molecular complexity index is 1010. The number of rotatable bonds is 4. The second-order valence-corrected chi connectivity index (χ2v) is 6.43. The van der Waals surface area contributed by atoms with Gasteiger partial charge in [0.25, 0.3) is 0 Å². The number of carbonyl (C=O) groups excluding carboxylic acids is 1. The van der Waals surface area contributed by atoms with Crippen LogP contribution in [0.1, 0.15) is 40.4 Å². The standard InChI is InChI=1S/C21H18O4/c1-13(22)14-5-7-18(8-6-14)24-12-17-11-21(23)25-20-10-16-4-2-3-15(16)9-19(17)20/h5-11H,2-4,12H2,1H3. The van der Waals surface area contributed by atoms with Crippen LogP contribution < -0.4 is 10.4 Å². The van der Waals surface area contributed by atoms with Crippen LogP contribution in [0.25, 0.3) is 11.0 Å². The maximum absolute atomic E-state index is 11.9. The molecule has 0 spiro atoms.